The summed E-state index contributed by atoms with van der Waals surface area (Å²) < 4.78 is 0. The minimum atomic E-state index is 0.164. The van der Waals surface area contributed by atoms with E-state index < -0.39 is 0 Å². The molecule has 0 amide bonds. The number of nitrogens with two attached hydrogens (primary N) is 1. The Hall–Kier alpha value is -1.83. The van der Waals surface area contributed by atoms with Gasteiger partial charge in [-0.15, -0.1) is 0 Å². The highest BCUT2D eigenvalue weighted by Crippen LogP contribution is 2.25. The molecule has 2 nitrogen and oxygen atoms in total. The van der Waals surface area contributed by atoms with E-state index >= 15 is 0 Å². The Morgan fingerprint density at radius 2 is 1.68 bits per heavy atom. The molecule has 0 aliphatic carbocycles. The van der Waals surface area contributed by atoms with Crippen LogP contribution in [0.5, 0.6) is 0 Å². The molecule has 100 valence electrons. The molecule has 0 radical (unpaired) electrons. The minimum absolute atomic E-state index is 0.164. The zero-order valence-electron chi connectivity index (χ0n) is 11.6. The molecule has 0 spiro atoms. The van der Waals surface area contributed by atoms with Gasteiger partial charge in [-0.3, -0.25) is 4.79 Å². The van der Waals surface area contributed by atoms with Crippen molar-refractivity contribution in [1.82, 2.24) is 0 Å². The number of carbonyl (C=O) groups excluding carboxylic acids is 1. The van der Waals surface area contributed by atoms with E-state index in [1.165, 1.54) is 0 Å². The molecular formula is C17H21NO. The van der Waals surface area contributed by atoms with Crippen molar-refractivity contribution >= 4 is 22.2 Å². The summed E-state index contributed by atoms with van der Waals surface area (Å²) in [5.74, 6) is 0.621. The first-order chi connectivity index (χ1) is 9.15. The largest absolute Gasteiger partial charge is 0.398 e. The number of hydrogen-bond donors (Lipinski definition) is 1. The molecule has 2 aromatic rings. The molecule has 2 heteroatoms. The molecule has 0 fully saturated rings. The molecule has 2 aromatic carbocycles. The smallest absolute Gasteiger partial charge is 0.165 e. The van der Waals surface area contributed by atoms with Gasteiger partial charge in [0.1, 0.15) is 0 Å². The lowest BCUT2D eigenvalue weighted by Gasteiger charge is -2.13. The molecule has 0 aromatic heterocycles. The summed E-state index contributed by atoms with van der Waals surface area (Å²) >= 11 is 0. The number of fused-ring (bicyclic) bond motifs is 1. The third-order valence-electron chi connectivity index (χ3n) is 3.85. The lowest BCUT2D eigenvalue weighted by molar-refractivity contribution is 0.0959. The maximum absolute atomic E-state index is 12.4. The average molecular weight is 255 g/mol. The third-order valence-corrected chi connectivity index (χ3v) is 3.85. The molecule has 0 bridgehead atoms. The quantitative estimate of drug-likeness (QED) is 0.634. The third kappa shape index (κ3) is 2.95. The first kappa shape index (κ1) is 13.6. The van der Waals surface area contributed by atoms with E-state index in [0.717, 1.165) is 23.6 Å². The second-order valence-corrected chi connectivity index (χ2v) is 5.10. The topological polar surface area (TPSA) is 43.1 Å². The van der Waals surface area contributed by atoms with Gasteiger partial charge in [-0.1, -0.05) is 51.0 Å². The van der Waals surface area contributed by atoms with E-state index in [2.05, 4.69) is 13.8 Å². The summed E-state index contributed by atoms with van der Waals surface area (Å²) in [7, 11) is 0. The first-order valence-electron chi connectivity index (χ1n) is 6.97. The van der Waals surface area contributed by atoms with Gasteiger partial charge in [0.2, 0.25) is 0 Å². The molecule has 0 saturated carbocycles. The van der Waals surface area contributed by atoms with Gasteiger partial charge >= 0.3 is 0 Å². The average Bonchev–Trinajstić information content (AvgIpc) is 2.43. The monoisotopic (exact) mass is 255 g/mol. The summed E-state index contributed by atoms with van der Waals surface area (Å²) in [6.45, 7) is 4.26. The van der Waals surface area contributed by atoms with Gasteiger partial charge in [-0.2, -0.15) is 0 Å². The van der Waals surface area contributed by atoms with E-state index in [1.54, 1.807) is 0 Å². The van der Waals surface area contributed by atoms with Crippen molar-refractivity contribution in [3.63, 3.8) is 0 Å². The van der Waals surface area contributed by atoms with E-state index in [-0.39, 0.29) is 5.78 Å². The van der Waals surface area contributed by atoms with Crippen LogP contribution in [0, 0.1) is 5.92 Å². The second-order valence-electron chi connectivity index (χ2n) is 5.10. The first-order valence-corrected chi connectivity index (χ1v) is 6.97. The van der Waals surface area contributed by atoms with Crippen molar-refractivity contribution in [1.29, 1.82) is 0 Å². The van der Waals surface area contributed by atoms with Crippen molar-refractivity contribution in [2.45, 2.75) is 33.1 Å². The number of benzene rings is 2. The van der Waals surface area contributed by atoms with Gasteiger partial charge in [0, 0.05) is 17.7 Å². The number of Topliss-reactive ketones (excluding diaryl/α,β-unsaturated/α-hetero) is 1. The molecular weight excluding hydrogens is 234 g/mol. The van der Waals surface area contributed by atoms with Crippen LogP contribution in [-0.4, -0.2) is 5.78 Å². The van der Waals surface area contributed by atoms with Crippen LogP contribution in [0.1, 0.15) is 43.5 Å². The van der Waals surface area contributed by atoms with Crippen molar-refractivity contribution in [2.24, 2.45) is 5.92 Å². The lowest BCUT2D eigenvalue weighted by Crippen LogP contribution is -2.09. The summed E-state index contributed by atoms with van der Waals surface area (Å²) in [6.07, 6.45) is 2.67. The van der Waals surface area contributed by atoms with Gasteiger partial charge < -0.3 is 5.73 Å². The molecule has 0 aliphatic rings. The molecule has 19 heavy (non-hydrogen) atoms. The van der Waals surface area contributed by atoms with Crippen molar-refractivity contribution < 1.29 is 4.79 Å². The van der Waals surface area contributed by atoms with Crippen LogP contribution < -0.4 is 5.73 Å². The Balaban J connectivity index is 2.33. The zero-order chi connectivity index (χ0) is 13.8. The van der Waals surface area contributed by atoms with Crippen LogP contribution in [0.15, 0.2) is 36.4 Å². The van der Waals surface area contributed by atoms with Gasteiger partial charge in [0.05, 0.1) is 0 Å². The second kappa shape index (κ2) is 5.87. The normalized spacial score (nSPS) is 11.1. The fourth-order valence-electron chi connectivity index (χ4n) is 2.45. The van der Waals surface area contributed by atoms with Crippen LogP contribution in [0.25, 0.3) is 10.8 Å². The summed E-state index contributed by atoms with van der Waals surface area (Å²) in [4.78, 5) is 12.4. The number of carbonyl (C=O) groups is 1. The lowest BCUT2D eigenvalue weighted by atomic mass is 9.92. The standard InChI is InChI=1S/C17H21NO/c1-3-12(4-2)9-17(19)15-10-13-7-5-6-8-14(13)11-16(15)18/h5-8,10-12H,3-4,9,18H2,1-2H3. The maximum Gasteiger partial charge on any atom is 0.165 e. The number of hydrogen-bond acceptors (Lipinski definition) is 2. The van der Waals surface area contributed by atoms with Crippen molar-refractivity contribution in [3.8, 4) is 0 Å². The van der Waals surface area contributed by atoms with Crippen LogP contribution in [0.2, 0.25) is 0 Å². The highest BCUT2D eigenvalue weighted by molar-refractivity contribution is 6.05. The number of anilines is 1. The van der Waals surface area contributed by atoms with Crippen molar-refractivity contribution in [3.05, 3.63) is 42.0 Å². The number of nitrogen functional groups attached to an aromatic ring is 1. The summed E-state index contributed by atoms with van der Waals surface area (Å²) in [5.41, 5.74) is 7.29. The minimum Gasteiger partial charge on any atom is -0.398 e. The zero-order valence-corrected chi connectivity index (χ0v) is 11.6. The van der Waals surface area contributed by atoms with Gasteiger partial charge in [0.15, 0.2) is 5.78 Å². The van der Waals surface area contributed by atoms with Crippen LogP contribution in [-0.2, 0) is 0 Å². The highest BCUT2D eigenvalue weighted by atomic mass is 16.1. The number of rotatable bonds is 5. The van der Waals surface area contributed by atoms with Crippen LogP contribution >= 0.6 is 0 Å². The Morgan fingerprint density at radius 3 is 2.26 bits per heavy atom. The van der Waals surface area contributed by atoms with Crippen LogP contribution in [0.3, 0.4) is 0 Å². The van der Waals surface area contributed by atoms with Gasteiger partial charge in [-0.25, -0.2) is 0 Å². The molecule has 0 unspecified atom stereocenters. The predicted molar refractivity (Wildman–Crippen MR) is 81.4 cm³/mol. The summed E-state index contributed by atoms with van der Waals surface area (Å²) in [5, 5.41) is 2.16. The fraction of sp³-hybridized carbons (Fsp3) is 0.353. The molecule has 0 saturated heterocycles. The van der Waals surface area contributed by atoms with E-state index in [1.807, 2.05) is 36.4 Å². The number of ketones is 1. The predicted octanol–water partition coefficient (Wildman–Crippen LogP) is 4.43. The van der Waals surface area contributed by atoms with Crippen LogP contribution in [0.4, 0.5) is 5.69 Å². The molecule has 0 atom stereocenters. The Kier molecular flexibility index (Phi) is 4.20. The Bertz CT molecular complexity index is 585. The van der Waals surface area contributed by atoms with E-state index in [0.29, 0.717) is 23.6 Å². The van der Waals surface area contributed by atoms with Gasteiger partial charge in [-0.05, 0) is 28.8 Å². The van der Waals surface area contributed by atoms with Crippen molar-refractivity contribution in [2.75, 3.05) is 5.73 Å². The molecule has 2 N–H and O–H groups in total. The van der Waals surface area contributed by atoms with Gasteiger partial charge in [0.25, 0.3) is 0 Å². The van der Waals surface area contributed by atoms with E-state index in [4.69, 9.17) is 5.73 Å². The SMILES string of the molecule is CCC(CC)CC(=O)c1cc2ccccc2cc1N. The Morgan fingerprint density at radius 1 is 1.11 bits per heavy atom. The molecule has 2 rings (SSSR count). The highest BCUT2D eigenvalue weighted by Gasteiger charge is 2.15. The summed E-state index contributed by atoms with van der Waals surface area (Å²) in [6, 6.07) is 11.8. The Labute approximate surface area is 114 Å². The molecule has 0 aliphatic heterocycles. The van der Waals surface area contributed by atoms with E-state index in [9.17, 15) is 4.79 Å². The molecule has 0 heterocycles. The fourth-order valence-corrected chi connectivity index (χ4v) is 2.45. The maximum atomic E-state index is 12.4.